The van der Waals surface area contributed by atoms with Crippen molar-refractivity contribution in [1.29, 1.82) is 0 Å². The fourth-order valence-electron chi connectivity index (χ4n) is 1.56. The largest absolute Gasteiger partial charge is 0.464 e. The van der Waals surface area contributed by atoms with E-state index in [4.69, 9.17) is 17.3 Å². The number of nitrogens with zero attached hydrogens (tertiary/aromatic N) is 2. The lowest BCUT2D eigenvalue weighted by atomic mass is 10.2. The van der Waals surface area contributed by atoms with Gasteiger partial charge in [0.15, 0.2) is 5.69 Å². The predicted octanol–water partition coefficient (Wildman–Crippen LogP) is 1.95. The third-order valence-corrected chi connectivity index (χ3v) is 2.78. The summed E-state index contributed by atoms with van der Waals surface area (Å²) in [5.74, 6) is -0.251. The van der Waals surface area contributed by atoms with Gasteiger partial charge < -0.3 is 15.0 Å². The minimum Gasteiger partial charge on any atom is -0.464 e. The molecule has 0 bridgehead atoms. The van der Waals surface area contributed by atoms with Gasteiger partial charge in [-0.1, -0.05) is 23.7 Å². The highest BCUT2D eigenvalue weighted by atomic mass is 35.5. The SMILES string of the molecule is COC(=O)c1ncn(Cc2ccc(Cl)cc2)c1N. The second kappa shape index (κ2) is 5.10. The molecule has 0 spiro atoms. The molecule has 2 rings (SSSR count). The molecule has 0 aliphatic carbocycles. The lowest BCUT2D eigenvalue weighted by Gasteiger charge is -2.05. The molecular formula is C12H12ClN3O2. The molecule has 0 aliphatic heterocycles. The highest BCUT2D eigenvalue weighted by molar-refractivity contribution is 6.30. The summed E-state index contributed by atoms with van der Waals surface area (Å²) in [6.45, 7) is 0.521. The minimum absolute atomic E-state index is 0.131. The molecule has 0 atom stereocenters. The van der Waals surface area contributed by atoms with Crippen molar-refractivity contribution in [3.8, 4) is 0 Å². The lowest BCUT2D eigenvalue weighted by molar-refractivity contribution is 0.0596. The Morgan fingerprint density at radius 1 is 1.44 bits per heavy atom. The van der Waals surface area contributed by atoms with Crippen LogP contribution >= 0.6 is 11.6 Å². The van der Waals surface area contributed by atoms with Gasteiger partial charge in [-0.3, -0.25) is 0 Å². The number of methoxy groups -OCH3 is 1. The average Bonchev–Trinajstić information content (AvgIpc) is 2.73. The number of nitrogen functional groups attached to an aromatic ring is 1. The van der Waals surface area contributed by atoms with Crippen LogP contribution in [0.1, 0.15) is 16.1 Å². The molecule has 1 aromatic carbocycles. The van der Waals surface area contributed by atoms with Crippen molar-refractivity contribution in [2.24, 2.45) is 0 Å². The number of aromatic nitrogens is 2. The summed E-state index contributed by atoms with van der Waals surface area (Å²) in [5.41, 5.74) is 6.98. The number of carbonyl (C=O) groups excluding carboxylic acids is 1. The molecule has 5 nitrogen and oxygen atoms in total. The van der Waals surface area contributed by atoms with Crippen LogP contribution in [-0.4, -0.2) is 22.6 Å². The van der Waals surface area contributed by atoms with Gasteiger partial charge in [0, 0.05) is 5.02 Å². The van der Waals surface area contributed by atoms with Gasteiger partial charge in [0.2, 0.25) is 0 Å². The van der Waals surface area contributed by atoms with Gasteiger partial charge in [-0.05, 0) is 17.7 Å². The predicted molar refractivity (Wildman–Crippen MR) is 68.5 cm³/mol. The Balaban J connectivity index is 2.22. The van der Waals surface area contributed by atoms with Gasteiger partial charge in [-0.15, -0.1) is 0 Å². The monoisotopic (exact) mass is 265 g/mol. The van der Waals surface area contributed by atoms with Crippen molar-refractivity contribution in [2.75, 3.05) is 12.8 Å². The molecule has 0 aliphatic rings. The van der Waals surface area contributed by atoms with Crippen LogP contribution in [0, 0.1) is 0 Å². The van der Waals surface area contributed by atoms with Crippen LogP contribution in [0.5, 0.6) is 0 Å². The molecule has 6 heteroatoms. The standard InChI is InChI=1S/C12H12ClN3O2/c1-18-12(17)10-11(14)16(7-15-10)6-8-2-4-9(13)5-3-8/h2-5,7H,6,14H2,1H3. The first-order valence-corrected chi connectivity index (χ1v) is 5.63. The smallest absolute Gasteiger partial charge is 0.360 e. The summed E-state index contributed by atoms with van der Waals surface area (Å²) in [7, 11) is 1.29. The number of nitrogens with two attached hydrogens (primary N) is 1. The van der Waals surface area contributed by atoms with Gasteiger partial charge in [-0.2, -0.15) is 0 Å². The first-order valence-electron chi connectivity index (χ1n) is 5.25. The second-order valence-corrected chi connectivity index (χ2v) is 4.16. The molecule has 0 saturated heterocycles. The number of ether oxygens (including phenoxy) is 1. The number of anilines is 1. The first kappa shape index (κ1) is 12.4. The molecule has 0 amide bonds. The van der Waals surface area contributed by atoms with Gasteiger partial charge in [0.05, 0.1) is 20.0 Å². The maximum atomic E-state index is 11.3. The minimum atomic E-state index is -0.539. The summed E-state index contributed by atoms with van der Waals surface area (Å²) >= 11 is 5.81. The number of hydrogen-bond donors (Lipinski definition) is 1. The zero-order valence-electron chi connectivity index (χ0n) is 9.76. The summed E-state index contributed by atoms with van der Waals surface area (Å²) in [5, 5.41) is 0.674. The summed E-state index contributed by atoms with van der Waals surface area (Å²) < 4.78 is 6.26. The summed E-state index contributed by atoms with van der Waals surface area (Å²) in [6, 6.07) is 7.37. The van der Waals surface area contributed by atoms with Crippen molar-refractivity contribution in [1.82, 2.24) is 9.55 Å². The van der Waals surface area contributed by atoms with E-state index in [0.29, 0.717) is 11.6 Å². The first-order chi connectivity index (χ1) is 8.61. The quantitative estimate of drug-likeness (QED) is 0.861. The van der Waals surface area contributed by atoms with Gasteiger partial charge in [0.1, 0.15) is 5.82 Å². The zero-order valence-corrected chi connectivity index (χ0v) is 10.5. The fraction of sp³-hybridized carbons (Fsp3) is 0.167. The van der Waals surface area contributed by atoms with Crippen molar-refractivity contribution in [3.63, 3.8) is 0 Å². The van der Waals surface area contributed by atoms with Crippen LogP contribution in [0.2, 0.25) is 5.02 Å². The Bertz CT molecular complexity index is 563. The van der Waals surface area contributed by atoms with Crippen molar-refractivity contribution < 1.29 is 9.53 Å². The van der Waals surface area contributed by atoms with Crippen LogP contribution in [0.3, 0.4) is 0 Å². The number of halogens is 1. The Kier molecular flexibility index (Phi) is 3.53. The zero-order chi connectivity index (χ0) is 13.1. The topological polar surface area (TPSA) is 70.1 Å². The van der Waals surface area contributed by atoms with Gasteiger partial charge in [-0.25, -0.2) is 9.78 Å². The average molecular weight is 266 g/mol. The van der Waals surface area contributed by atoms with E-state index in [2.05, 4.69) is 9.72 Å². The van der Waals surface area contributed by atoms with E-state index in [-0.39, 0.29) is 11.5 Å². The van der Waals surface area contributed by atoms with Gasteiger partial charge >= 0.3 is 5.97 Å². The molecule has 0 unspecified atom stereocenters. The second-order valence-electron chi connectivity index (χ2n) is 3.72. The van der Waals surface area contributed by atoms with Crippen molar-refractivity contribution in [2.45, 2.75) is 6.54 Å². The third-order valence-electron chi connectivity index (χ3n) is 2.52. The van der Waals surface area contributed by atoms with E-state index in [1.807, 2.05) is 12.1 Å². The molecule has 0 fully saturated rings. The molecule has 2 aromatic rings. The maximum Gasteiger partial charge on any atom is 0.360 e. The van der Waals surface area contributed by atoms with Crippen LogP contribution in [0.4, 0.5) is 5.82 Å². The fourth-order valence-corrected chi connectivity index (χ4v) is 1.68. The van der Waals surface area contributed by atoms with E-state index in [9.17, 15) is 4.79 Å². The molecule has 18 heavy (non-hydrogen) atoms. The Hall–Kier alpha value is -2.01. The Labute approximate surface area is 109 Å². The highest BCUT2D eigenvalue weighted by Gasteiger charge is 2.15. The Morgan fingerprint density at radius 3 is 2.72 bits per heavy atom. The maximum absolute atomic E-state index is 11.3. The highest BCUT2D eigenvalue weighted by Crippen LogP contribution is 2.15. The number of hydrogen-bond acceptors (Lipinski definition) is 4. The third kappa shape index (κ3) is 2.46. The van der Waals surface area contributed by atoms with Gasteiger partial charge in [0.25, 0.3) is 0 Å². The normalized spacial score (nSPS) is 10.3. The molecule has 2 N–H and O–H groups in total. The van der Waals surface area contributed by atoms with E-state index in [1.54, 1.807) is 16.7 Å². The van der Waals surface area contributed by atoms with Crippen LogP contribution in [0.25, 0.3) is 0 Å². The molecule has 1 heterocycles. The molecule has 0 saturated carbocycles. The van der Waals surface area contributed by atoms with E-state index in [0.717, 1.165) is 5.56 Å². The van der Waals surface area contributed by atoms with Crippen LogP contribution in [-0.2, 0) is 11.3 Å². The van der Waals surface area contributed by atoms with E-state index in [1.165, 1.54) is 13.4 Å². The number of carbonyl (C=O) groups is 1. The van der Waals surface area contributed by atoms with E-state index >= 15 is 0 Å². The van der Waals surface area contributed by atoms with Crippen LogP contribution in [0.15, 0.2) is 30.6 Å². The molecule has 0 radical (unpaired) electrons. The van der Waals surface area contributed by atoms with Crippen LogP contribution < -0.4 is 5.73 Å². The molecule has 94 valence electrons. The van der Waals surface area contributed by atoms with E-state index < -0.39 is 5.97 Å². The summed E-state index contributed by atoms with van der Waals surface area (Å²) in [6.07, 6.45) is 1.51. The molecule has 1 aromatic heterocycles. The number of imidazole rings is 1. The number of rotatable bonds is 3. The summed E-state index contributed by atoms with van der Waals surface area (Å²) in [4.78, 5) is 15.3. The molecular weight excluding hydrogens is 254 g/mol. The van der Waals surface area contributed by atoms with Crippen molar-refractivity contribution in [3.05, 3.63) is 46.9 Å². The number of benzene rings is 1. The Morgan fingerprint density at radius 2 is 2.11 bits per heavy atom. The number of esters is 1. The van der Waals surface area contributed by atoms with Crippen molar-refractivity contribution >= 4 is 23.4 Å². The lowest BCUT2D eigenvalue weighted by Crippen LogP contribution is -2.08.